The van der Waals surface area contributed by atoms with Crippen LogP contribution in [0.2, 0.25) is 0 Å². The average molecular weight is 641 g/mol. The van der Waals surface area contributed by atoms with Gasteiger partial charge in [-0.3, -0.25) is 10.6 Å². The highest BCUT2D eigenvalue weighted by atomic mass is 16.6. The minimum Gasteiger partial charge on any atom is -0.456 e. The van der Waals surface area contributed by atoms with Crippen LogP contribution in [-0.4, -0.2) is 46.3 Å². The molecule has 2 N–H and O–H groups in total. The van der Waals surface area contributed by atoms with Crippen molar-refractivity contribution in [3.63, 3.8) is 0 Å². The number of benzene rings is 3. The number of pyridine rings is 1. The molecule has 244 valence electrons. The van der Waals surface area contributed by atoms with E-state index in [0.717, 1.165) is 5.56 Å². The molecule has 12 nitrogen and oxygen atoms in total. The maximum Gasteiger partial charge on any atom is 0.414 e. The average Bonchev–Trinajstić information content (AvgIpc) is 2.98. The number of nitrogens with zero attached hydrogens (tertiary/aromatic N) is 2. The van der Waals surface area contributed by atoms with Crippen LogP contribution >= 0.6 is 0 Å². The molecular formula is C35H36N4O8. The lowest BCUT2D eigenvalue weighted by atomic mass is 10.2. The van der Waals surface area contributed by atoms with Gasteiger partial charge in [-0.1, -0.05) is 36.4 Å². The Balaban J connectivity index is 1.42. The summed E-state index contributed by atoms with van der Waals surface area (Å²) in [6.07, 6.45) is -1.67. The zero-order valence-corrected chi connectivity index (χ0v) is 27.0. The van der Waals surface area contributed by atoms with Gasteiger partial charge in [0.15, 0.2) is 0 Å². The Morgan fingerprint density at radius 2 is 1.34 bits per heavy atom. The number of aromatic nitrogens is 1. The van der Waals surface area contributed by atoms with E-state index in [-0.39, 0.29) is 29.6 Å². The maximum absolute atomic E-state index is 12.9. The van der Waals surface area contributed by atoms with E-state index in [2.05, 4.69) is 20.6 Å². The summed E-state index contributed by atoms with van der Waals surface area (Å²) in [7, 11) is 0. The van der Waals surface area contributed by atoms with Crippen molar-refractivity contribution in [3.8, 4) is 5.75 Å². The van der Waals surface area contributed by atoms with E-state index in [1.807, 2.05) is 30.3 Å². The lowest BCUT2D eigenvalue weighted by Crippen LogP contribution is -2.47. The number of rotatable bonds is 6. The molecule has 0 aliphatic heterocycles. The largest absolute Gasteiger partial charge is 0.456 e. The second kappa shape index (κ2) is 14.5. The smallest absolute Gasteiger partial charge is 0.414 e. The highest BCUT2D eigenvalue weighted by Crippen LogP contribution is 2.22. The van der Waals surface area contributed by atoms with Gasteiger partial charge in [0, 0.05) is 5.39 Å². The highest BCUT2D eigenvalue weighted by Gasteiger charge is 2.21. The summed E-state index contributed by atoms with van der Waals surface area (Å²) in [6, 6.07) is 23.4. The number of carbonyl (C=O) groups is 4. The zero-order valence-electron chi connectivity index (χ0n) is 27.0. The van der Waals surface area contributed by atoms with Crippen molar-refractivity contribution in [2.75, 3.05) is 0 Å². The molecule has 0 aliphatic carbocycles. The van der Waals surface area contributed by atoms with Gasteiger partial charge < -0.3 is 18.9 Å². The number of nitrogens with one attached hydrogen (secondary N) is 2. The first-order chi connectivity index (χ1) is 22.1. The fourth-order valence-corrected chi connectivity index (χ4v) is 3.93. The summed E-state index contributed by atoms with van der Waals surface area (Å²) in [5, 5.41) is 5.46. The summed E-state index contributed by atoms with van der Waals surface area (Å²) < 4.78 is 21.4. The van der Waals surface area contributed by atoms with E-state index in [1.54, 1.807) is 71.9 Å². The molecule has 0 unspecified atom stereocenters. The van der Waals surface area contributed by atoms with Crippen molar-refractivity contribution in [3.05, 3.63) is 102 Å². The molecule has 1 heterocycles. The van der Waals surface area contributed by atoms with Gasteiger partial charge in [0.1, 0.15) is 29.3 Å². The second-order valence-electron chi connectivity index (χ2n) is 12.3. The first kappa shape index (κ1) is 34.1. The Morgan fingerprint density at radius 1 is 0.723 bits per heavy atom. The van der Waals surface area contributed by atoms with Gasteiger partial charge in [0.05, 0.1) is 16.8 Å². The zero-order chi connectivity index (χ0) is 34.2. The fourth-order valence-electron chi connectivity index (χ4n) is 3.93. The van der Waals surface area contributed by atoms with Gasteiger partial charge in [-0.05, 0) is 95.6 Å². The number of hydrogen-bond acceptors (Lipinski definition) is 10. The quantitative estimate of drug-likeness (QED) is 0.0757. The van der Waals surface area contributed by atoms with Crippen LogP contribution in [0, 0.1) is 0 Å². The molecule has 0 spiro atoms. The Kier molecular flexibility index (Phi) is 10.6. The maximum atomic E-state index is 12.9. The number of hydrogen-bond donors (Lipinski definition) is 2. The molecule has 4 aromatic rings. The molecule has 0 aliphatic rings. The second-order valence-corrected chi connectivity index (χ2v) is 12.3. The summed E-state index contributed by atoms with van der Waals surface area (Å²) in [6.45, 7) is 10.3. The topological polar surface area (TPSA) is 155 Å². The van der Waals surface area contributed by atoms with Gasteiger partial charge in [-0.25, -0.2) is 29.2 Å². The molecule has 0 atom stereocenters. The van der Waals surface area contributed by atoms with Crippen LogP contribution in [0.25, 0.3) is 10.9 Å². The van der Waals surface area contributed by atoms with Crippen LogP contribution in [0.15, 0.2) is 89.9 Å². The predicted molar refractivity (Wildman–Crippen MR) is 175 cm³/mol. The first-order valence-corrected chi connectivity index (χ1v) is 14.7. The molecule has 0 radical (unpaired) electrons. The van der Waals surface area contributed by atoms with Crippen LogP contribution in [0.1, 0.15) is 68.0 Å². The minimum absolute atomic E-state index is 0.134. The standard InChI is InChI=1S/C35H36N4O8/c1-34(2,3)46-32(42)38-31(39-33(43)47-35(4,5)6)36-25-15-12-23(13-16-25)29(40)45-26-17-19-27-24(20-26)14-18-28(37-27)30(41)44-21-22-10-8-7-9-11-22/h7-20H,21H2,1-6H3,(H2,36,38,39,42,43). The van der Waals surface area contributed by atoms with E-state index in [4.69, 9.17) is 18.9 Å². The number of guanidine groups is 1. The summed E-state index contributed by atoms with van der Waals surface area (Å²) in [4.78, 5) is 58.7. The van der Waals surface area contributed by atoms with Crippen LogP contribution < -0.4 is 15.4 Å². The highest BCUT2D eigenvalue weighted by molar-refractivity contribution is 6.02. The van der Waals surface area contributed by atoms with E-state index in [1.165, 1.54) is 24.3 Å². The van der Waals surface area contributed by atoms with Crippen LogP contribution in [0.4, 0.5) is 15.3 Å². The Bertz CT molecular complexity index is 1760. The number of fused-ring (bicyclic) bond motifs is 1. The minimum atomic E-state index is -0.836. The number of aliphatic imine (C=N–C) groups is 1. The fraction of sp³-hybridized carbons (Fsp3) is 0.257. The number of amides is 2. The normalized spacial score (nSPS) is 11.2. The molecule has 4 rings (SSSR count). The van der Waals surface area contributed by atoms with E-state index in [0.29, 0.717) is 16.6 Å². The third-order valence-electron chi connectivity index (χ3n) is 5.88. The Labute approximate surface area is 272 Å². The van der Waals surface area contributed by atoms with Crippen molar-refractivity contribution >= 4 is 46.7 Å². The third-order valence-corrected chi connectivity index (χ3v) is 5.88. The summed E-state index contributed by atoms with van der Waals surface area (Å²) in [5.41, 5.74) is 0.502. The van der Waals surface area contributed by atoms with Crippen LogP contribution in [0.3, 0.4) is 0 Å². The van der Waals surface area contributed by atoms with Crippen molar-refractivity contribution in [2.45, 2.75) is 59.4 Å². The molecule has 12 heteroatoms. The molecule has 0 saturated carbocycles. The third kappa shape index (κ3) is 11.0. The van der Waals surface area contributed by atoms with Gasteiger partial charge in [0.25, 0.3) is 0 Å². The van der Waals surface area contributed by atoms with Gasteiger partial charge in [0.2, 0.25) is 5.96 Å². The molecular weight excluding hydrogens is 604 g/mol. The van der Waals surface area contributed by atoms with Crippen LogP contribution in [0.5, 0.6) is 5.75 Å². The Hall–Kier alpha value is -5.78. The van der Waals surface area contributed by atoms with Gasteiger partial charge in [-0.2, -0.15) is 0 Å². The first-order valence-electron chi connectivity index (χ1n) is 14.7. The van der Waals surface area contributed by atoms with Gasteiger partial charge >= 0.3 is 24.1 Å². The van der Waals surface area contributed by atoms with Crippen molar-refractivity contribution < 1.29 is 38.1 Å². The van der Waals surface area contributed by atoms with Gasteiger partial charge in [-0.15, -0.1) is 0 Å². The van der Waals surface area contributed by atoms with Crippen molar-refractivity contribution in [1.82, 2.24) is 15.6 Å². The number of alkyl carbamates (subject to hydrolysis) is 2. The van der Waals surface area contributed by atoms with Crippen LogP contribution in [-0.2, 0) is 20.8 Å². The molecule has 2 amide bonds. The van der Waals surface area contributed by atoms with E-state index >= 15 is 0 Å². The number of ether oxygens (including phenoxy) is 4. The predicted octanol–water partition coefficient (Wildman–Crippen LogP) is 6.85. The molecule has 0 fully saturated rings. The lowest BCUT2D eigenvalue weighted by Gasteiger charge is -2.22. The molecule has 0 saturated heterocycles. The SMILES string of the molecule is CC(C)(C)OC(=O)NC(=Nc1ccc(C(=O)Oc2ccc3nc(C(=O)OCc4ccccc4)ccc3c2)cc1)NC(=O)OC(C)(C)C. The molecule has 1 aromatic heterocycles. The molecule has 47 heavy (non-hydrogen) atoms. The van der Waals surface area contributed by atoms with Crippen molar-refractivity contribution in [2.24, 2.45) is 4.99 Å². The molecule has 3 aromatic carbocycles. The van der Waals surface area contributed by atoms with Crippen molar-refractivity contribution in [1.29, 1.82) is 0 Å². The number of carbonyl (C=O) groups excluding carboxylic acids is 4. The Morgan fingerprint density at radius 3 is 1.94 bits per heavy atom. The summed E-state index contributed by atoms with van der Waals surface area (Å²) >= 11 is 0. The molecule has 0 bridgehead atoms. The van der Waals surface area contributed by atoms with E-state index < -0.39 is 35.3 Å². The monoisotopic (exact) mass is 640 g/mol. The summed E-state index contributed by atoms with van der Waals surface area (Å²) in [5.74, 6) is -1.14. The lowest BCUT2D eigenvalue weighted by molar-refractivity contribution is 0.0463. The van der Waals surface area contributed by atoms with E-state index in [9.17, 15) is 19.2 Å². The number of esters is 2.